The van der Waals surface area contributed by atoms with Crippen LogP contribution in [0, 0.1) is 5.92 Å². The lowest BCUT2D eigenvalue weighted by Gasteiger charge is -2.22. The Hall–Kier alpha value is -0.490. The van der Waals surface area contributed by atoms with Crippen LogP contribution in [0.2, 0.25) is 0 Å². The minimum atomic E-state index is 0.802. The van der Waals surface area contributed by atoms with Crippen molar-refractivity contribution >= 4 is 11.6 Å². The average molecular weight is 209 g/mol. The summed E-state index contributed by atoms with van der Waals surface area (Å²) in [5, 5.41) is 0.882. The Morgan fingerprint density at radius 3 is 2.57 bits per heavy atom. The molecule has 1 fully saturated rings. The van der Waals surface area contributed by atoms with Gasteiger partial charge in [-0.1, -0.05) is 49.1 Å². The van der Waals surface area contributed by atoms with Crippen LogP contribution in [0.15, 0.2) is 34.9 Å². The molecule has 0 amide bonds. The summed E-state index contributed by atoms with van der Waals surface area (Å²) in [4.78, 5) is 0. The second kappa shape index (κ2) is 4.84. The topological polar surface area (TPSA) is 0 Å². The number of hydrogen-bond donors (Lipinski definition) is 0. The van der Waals surface area contributed by atoms with Crippen molar-refractivity contribution < 1.29 is 0 Å². The molecule has 1 saturated carbocycles. The van der Waals surface area contributed by atoms with Crippen molar-refractivity contribution in [3.8, 4) is 0 Å². The van der Waals surface area contributed by atoms with Crippen LogP contribution < -0.4 is 0 Å². The van der Waals surface area contributed by atoms with Crippen LogP contribution in [-0.4, -0.2) is 0 Å². The van der Waals surface area contributed by atoms with Crippen LogP contribution in [0.4, 0.5) is 0 Å². The SMILES string of the molecule is ClC1=CCC=C(C2CCCCC2)C=C1. The van der Waals surface area contributed by atoms with Crippen LogP contribution in [-0.2, 0) is 0 Å². The maximum absolute atomic E-state index is 5.97. The smallest absolute Gasteiger partial charge is 0.0369 e. The largest absolute Gasteiger partial charge is 0.0847 e. The van der Waals surface area contributed by atoms with Gasteiger partial charge in [-0.25, -0.2) is 0 Å². The van der Waals surface area contributed by atoms with E-state index in [0.29, 0.717) is 0 Å². The molecule has 0 atom stereocenters. The van der Waals surface area contributed by atoms with E-state index in [2.05, 4.69) is 18.2 Å². The average Bonchev–Trinajstić information content (AvgIpc) is 2.44. The molecular weight excluding hydrogens is 192 g/mol. The highest BCUT2D eigenvalue weighted by Gasteiger charge is 2.16. The van der Waals surface area contributed by atoms with Gasteiger partial charge in [-0.2, -0.15) is 0 Å². The van der Waals surface area contributed by atoms with Crippen molar-refractivity contribution in [1.29, 1.82) is 0 Å². The van der Waals surface area contributed by atoms with E-state index < -0.39 is 0 Å². The van der Waals surface area contributed by atoms with Gasteiger partial charge >= 0.3 is 0 Å². The number of halogens is 1. The van der Waals surface area contributed by atoms with E-state index in [9.17, 15) is 0 Å². The first-order valence-electron chi connectivity index (χ1n) is 5.60. The normalized spacial score (nSPS) is 24.1. The Kier molecular flexibility index (Phi) is 3.47. The van der Waals surface area contributed by atoms with Gasteiger partial charge in [-0.15, -0.1) is 0 Å². The van der Waals surface area contributed by atoms with Gasteiger partial charge in [0.1, 0.15) is 0 Å². The summed E-state index contributed by atoms with van der Waals surface area (Å²) in [6.45, 7) is 0. The Balaban J connectivity index is 2.03. The van der Waals surface area contributed by atoms with Crippen LogP contribution >= 0.6 is 11.6 Å². The molecule has 0 radical (unpaired) electrons. The van der Waals surface area contributed by atoms with Crippen molar-refractivity contribution in [2.45, 2.75) is 38.5 Å². The highest BCUT2D eigenvalue weighted by atomic mass is 35.5. The fourth-order valence-corrected chi connectivity index (χ4v) is 2.51. The first-order valence-corrected chi connectivity index (χ1v) is 5.98. The van der Waals surface area contributed by atoms with Gasteiger partial charge in [0.15, 0.2) is 0 Å². The molecule has 1 heteroatoms. The molecule has 0 saturated heterocycles. The summed E-state index contributed by atoms with van der Waals surface area (Å²) in [6.07, 6.45) is 16.6. The summed E-state index contributed by atoms with van der Waals surface area (Å²) in [7, 11) is 0. The molecule has 0 aromatic rings. The van der Waals surface area contributed by atoms with Gasteiger partial charge in [-0.3, -0.25) is 0 Å². The standard InChI is InChI=1S/C13H17Cl/c14-13-8-4-7-12(9-10-13)11-5-2-1-3-6-11/h7-11H,1-6H2. The second-order valence-corrected chi connectivity index (χ2v) is 4.63. The van der Waals surface area contributed by atoms with E-state index in [-0.39, 0.29) is 0 Å². The van der Waals surface area contributed by atoms with Gasteiger partial charge in [0, 0.05) is 5.03 Å². The lowest BCUT2D eigenvalue weighted by molar-refractivity contribution is 0.408. The van der Waals surface area contributed by atoms with E-state index in [4.69, 9.17) is 11.6 Å². The van der Waals surface area contributed by atoms with Gasteiger partial charge in [0.2, 0.25) is 0 Å². The molecule has 76 valence electrons. The fourth-order valence-electron chi connectivity index (χ4n) is 2.36. The summed E-state index contributed by atoms with van der Waals surface area (Å²) in [6, 6.07) is 0. The first-order chi connectivity index (χ1) is 6.86. The Labute approximate surface area is 91.3 Å². The van der Waals surface area contributed by atoms with E-state index in [1.165, 1.54) is 37.7 Å². The van der Waals surface area contributed by atoms with Gasteiger partial charge in [-0.05, 0) is 36.8 Å². The predicted molar refractivity (Wildman–Crippen MR) is 62.4 cm³/mol. The van der Waals surface area contributed by atoms with E-state index in [1.807, 2.05) is 6.08 Å². The zero-order valence-electron chi connectivity index (χ0n) is 8.51. The molecule has 0 heterocycles. The molecule has 0 unspecified atom stereocenters. The van der Waals surface area contributed by atoms with Gasteiger partial charge in [0.25, 0.3) is 0 Å². The summed E-state index contributed by atoms with van der Waals surface area (Å²) < 4.78 is 0. The Morgan fingerprint density at radius 1 is 1.00 bits per heavy atom. The first kappa shape index (κ1) is 10.0. The summed E-state index contributed by atoms with van der Waals surface area (Å²) >= 11 is 5.97. The van der Waals surface area contributed by atoms with Crippen molar-refractivity contribution in [3.63, 3.8) is 0 Å². The Morgan fingerprint density at radius 2 is 1.79 bits per heavy atom. The maximum atomic E-state index is 5.97. The molecule has 0 aromatic heterocycles. The van der Waals surface area contributed by atoms with Crippen LogP contribution in [0.1, 0.15) is 38.5 Å². The fraction of sp³-hybridized carbons (Fsp3) is 0.538. The zero-order chi connectivity index (χ0) is 9.80. The highest BCUT2D eigenvalue weighted by molar-refractivity contribution is 6.31. The van der Waals surface area contributed by atoms with Crippen LogP contribution in [0.3, 0.4) is 0 Å². The van der Waals surface area contributed by atoms with Crippen molar-refractivity contribution in [2.24, 2.45) is 5.92 Å². The van der Waals surface area contributed by atoms with Crippen molar-refractivity contribution in [1.82, 2.24) is 0 Å². The third-order valence-corrected chi connectivity index (χ3v) is 3.46. The van der Waals surface area contributed by atoms with Crippen LogP contribution in [0.5, 0.6) is 0 Å². The molecule has 0 N–H and O–H groups in total. The minimum absolute atomic E-state index is 0.802. The van der Waals surface area contributed by atoms with Gasteiger partial charge < -0.3 is 0 Å². The van der Waals surface area contributed by atoms with Crippen LogP contribution in [0.25, 0.3) is 0 Å². The quantitative estimate of drug-likeness (QED) is 0.592. The molecule has 2 aliphatic carbocycles. The molecular formula is C13H17Cl. The second-order valence-electron chi connectivity index (χ2n) is 4.20. The number of hydrogen-bond acceptors (Lipinski definition) is 0. The summed E-state index contributed by atoms with van der Waals surface area (Å²) in [5.74, 6) is 0.802. The molecule has 0 aliphatic heterocycles. The molecule has 0 spiro atoms. The van der Waals surface area contributed by atoms with E-state index in [0.717, 1.165) is 17.4 Å². The third kappa shape index (κ3) is 2.51. The molecule has 0 nitrogen and oxygen atoms in total. The van der Waals surface area contributed by atoms with Gasteiger partial charge in [0.05, 0.1) is 0 Å². The van der Waals surface area contributed by atoms with E-state index in [1.54, 1.807) is 0 Å². The zero-order valence-corrected chi connectivity index (χ0v) is 9.26. The molecule has 2 rings (SSSR count). The highest BCUT2D eigenvalue weighted by Crippen LogP contribution is 2.31. The maximum Gasteiger partial charge on any atom is 0.0369 e. The monoisotopic (exact) mass is 208 g/mol. The lowest BCUT2D eigenvalue weighted by atomic mass is 9.83. The molecule has 2 aliphatic rings. The molecule has 0 bridgehead atoms. The van der Waals surface area contributed by atoms with Crippen molar-refractivity contribution in [3.05, 3.63) is 34.9 Å². The molecule has 0 aromatic carbocycles. The van der Waals surface area contributed by atoms with E-state index >= 15 is 0 Å². The van der Waals surface area contributed by atoms with Crippen molar-refractivity contribution in [2.75, 3.05) is 0 Å². The summed E-state index contributed by atoms with van der Waals surface area (Å²) in [5.41, 5.74) is 1.51. The third-order valence-electron chi connectivity index (χ3n) is 3.18. The molecule has 14 heavy (non-hydrogen) atoms. The minimum Gasteiger partial charge on any atom is -0.0847 e. The Bertz CT molecular complexity index is 278. The predicted octanol–water partition coefficient (Wildman–Crippen LogP) is 4.58. The lowest BCUT2D eigenvalue weighted by Crippen LogP contribution is -2.07. The number of rotatable bonds is 1. The number of allylic oxidation sites excluding steroid dienone is 6.